The first-order chi connectivity index (χ1) is 11.0. The van der Waals surface area contributed by atoms with Crippen LogP contribution in [0, 0.1) is 12.7 Å². The summed E-state index contributed by atoms with van der Waals surface area (Å²) in [6.45, 7) is 1.87. The molecular weight excluding hydrogens is 299 g/mol. The van der Waals surface area contributed by atoms with E-state index in [1.54, 1.807) is 16.9 Å². The molecule has 3 heterocycles. The molecular formula is C15H15FN6O. The first kappa shape index (κ1) is 14.9. The number of amides is 2. The van der Waals surface area contributed by atoms with E-state index in [-0.39, 0.29) is 12.2 Å². The molecule has 3 rings (SSSR count). The topological polar surface area (TPSA) is 84.7 Å². The minimum absolute atomic E-state index is 0.0000990. The largest absolute Gasteiger partial charge is 0.332 e. The van der Waals surface area contributed by atoms with E-state index in [0.29, 0.717) is 5.69 Å². The van der Waals surface area contributed by atoms with Gasteiger partial charge in [-0.2, -0.15) is 5.10 Å². The third kappa shape index (κ3) is 3.10. The number of rotatable bonds is 3. The quantitative estimate of drug-likeness (QED) is 0.775. The van der Waals surface area contributed by atoms with Gasteiger partial charge in [0.1, 0.15) is 5.82 Å². The van der Waals surface area contributed by atoms with Gasteiger partial charge in [-0.1, -0.05) is 0 Å². The summed E-state index contributed by atoms with van der Waals surface area (Å²) >= 11 is 0. The average Bonchev–Trinajstić information content (AvgIpc) is 2.81. The van der Waals surface area contributed by atoms with Crippen molar-refractivity contribution in [2.24, 2.45) is 7.05 Å². The molecule has 2 N–H and O–H groups in total. The number of aromatic nitrogens is 4. The van der Waals surface area contributed by atoms with Crippen LogP contribution >= 0.6 is 0 Å². The maximum atomic E-state index is 13.4. The minimum atomic E-state index is -0.460. The fraction of sp³-hybridized carbons (Fsp3) is 0.200. The van der Waals surface area contributed by atoms with Crippen molar-refractivity contribution in [3.8, 4) is 0 Å². The van der Waals surface area contributed by atoms with Gasteiger partial charge in [0.2, 0.25) is 0 Å². The number of pyridine rings is 2. The van der Waals surface area contributed by atoms with Gasteiger partial charge in [-0.25, -0.2) is 14.2 Å². The highest BCUT2D eigenvalue weighted by Gasteiger charge is 2.09. The van der Waals surface area contributed by atoms with E-state index in [1.165, 1.54) is 18.3 Å². The third-order valence-corrected chi connectivity index (χ3v) is 3.37. The summed E-state index contributed by atoms with van der Waals surface area (Å²) in [5.41, 5.74) is 2.28. The molecule has 0 spiro atoms. The molecule has 7 nitrogen and oxygen atoms in total. The highest BCUT2D eigenvalue weighted by Crippen LogP contribution is 2.19. The van der Waals surface area contributed by atoms with Crippen LogP contribution in [0.4, 0.5) is 14.9 Å². The molecule has 0 aromatic carbocycles. The van der Waals surface area contributed by atoms with Crippen LogP contribution in [0.5, 0.6) is 0 Å². The van der Waals surface area contributed by atoms with Gasteiger partial charge in [0.15, 0.2) is 5.65 Å². The Morgan fingerprint density at radius 3 is 3.00 bits per heavy atom. The number of urea groups is 1. The van der Waals surface area contributed by atoms with Crippen LogP contribution in [0.3, 0.4) is 0 Å². The van der Waals surface area contributed by atoms with Crippen molar-refractivity contribution >= 4 is 22.8 Å². The van der Waals surface area contributed by atoms with Gasteiger partial charge in [-0.3, -0.25) is 9.67 Å². The Morgan fingerprint density at radius 2 is 2.22 bits per heavy atom. The number of nitrogens with one attached hydrogen (secondary N) is 2. The molecule has 0 atom stereocenters. The van der Waals surface area contributed by atoms with E-state index in [9.17, 15) is 9.18 Å². The first-order valence-corrected chi connectivity index (χ1v) is 6.98. The van der Waals surface area contributed by atoms with Gasteiger partial charge in [0.05, 0.1) is 29.8 Å². The van der Waals surface area contributed by atoms with E-state index in [0.717, 1.165) is 16.7 Å². The second-order valence-corrected chi connectivity index (χ2v) is 5.04. The molecule has 0 unspecified atom stereocenters. The number of aryl methyl sites for hydroxylation is 2. The molecule has 0 aliphatic heterocycles. The Hall–Kier alpha value is -3.03. The molecule has 118 valence electrons. The zero-order chi connectivity index (χ0) is 16.4. The Kier molecular flexibility index (Phi) is 3.88. The van der Waals surface area contributed by atoms with Gasteiger partial charge in [0.25, 0.3) is 0 Å². The summed E-state index contributed by atoms with van der Waals surface area (Å²) in [7, 11) is 1.81. The van der Waals surface area contributed by atoms with E-state index >= 15 is 0 Å². The second kappa shape index (κ2) is 5.99. The lowest BCUT2D eigenvalue weighted by atomic mass is 10.2. The van der Waals surface area contributed by atoms with Gasteiger partial charge in [-0.05, 0) is 25.1 Å². The summed E-state index contributed by atoms with van der Waals surface area (Å²) in [6.07, 6.45) is 3.02. The molecule has 0 aliphatic rings. The van der Waals surface area contributed by atoms with Crippen LogP contribution in [-0.4, -0.2) is 25.8 Å². The lowest BCUT2D eigenvalue weighted by molar-refractivity contribution is 0.251. The summed E-state index contributed by atoms with van der Waals surface area (Å²) in [5.74, 6) is -0.457. The van der Waals surface area contributed by atoms with Crippen molar-refractivity contribution in [2.75, 3.05) is 5.32 Å². The van der Waals surface area contributed by atoms with Crippen LogP contribution < -0.4 is 10.6 Å². The van der Waals surface area contributed by atoms with Gasteiger partial charge in [-0.15, -0.1) is 0 Å². The molecule has 0 bridgehead atoms. The van der Waals surface area contributed by atoms with Gasteiger partial charge in [0, 0.05) is 18.6 Å². The first-order valence-electron chi connectivity index (χ1n) is 6.98. The van der Waals surface area contributed by atoms with E-state index in [4.69, 9.17) is 0 Å². The Labute approximate surface area is 131 Å². The van der Waals surface area contributed by atoms with Crippen LogP contribution in [0.25, 0.3) is 11.0 Å². The lowest BCUT2D eigenvalue weighted by Crippen LogP contribution is -2.29. The van der Waals surface area contributed by atoms with Crippen molar-refractivity contribution in [3.05, 3.63) is 47.8 Å². The number of anilines is 1. The SMILES string of the molecule is Cc1nn(C)c2ncc(NC(=O)NCc3ncccc3F)cc12. The van der Waals surface area contributed by atoms with E-state index < -0.39 is 11.8 Å². The molecule has 3 aromatic heterocycles. The summed E-state index contributed by atoms with van der Waals surface area (Å²) in [4.78, 5) is 20.0. The Balaban J connectivity index is 1.68. The summed E-state index contributed by atoms with van der Waals surface area (Å²) in [6, 6.07) is 4.13. The third-order valence-electron chi connectivity index (χ3n) is 3.37. The fourth-order valence-corrected chi connectivity index (χ4v) is 2.26. The maximum Gasteiger partial charge on any atom is 0.319 e. The minimum Gasteiger partial charge on any atom is -0.332 e. The molecule has 0 aliphatic carbocycles. The monoisotopic (exact) mass is 314 g/mol. The van der Waals surface area contributed by atoms with Crippen LogP contribution in [-0.2, 0) is 13.6 Å². The highest BCUT2D eigenvalue weighted by molar-refractivity contribution is 5.91. The van der Waals surface area contributed by atoms with Crippen molar-refractivity contribution in [2.45, 2.75) is 13.5 Å². The molecule has 8 heteroatoms. The summed E-state index contributed by atoms with van der Waals surface area (Å²) in [5, 5.41) is 10.3. The predicted octanol–water partition coefficient (Wildman–Crippen LogP) is 2.13. The Morgan fingerprint density at radius 1 is 1.39 bits per heavy atom. The van der Waals surface area contributed by atoms with Gasteiger partial charge >= 0.3 is 6.03 Å². The number of fused-ring (bicyclic) bond motifs is 1. The molecule has 0 saturated carbocycles. The molecule has 2 amide bonds. The predicted molar refractivity (Wildman–Crippen MR) is 83.3 cm³/mol. The zero-order valence-corrected chi connectivity index (χ0v) is 12.7. The maximum absolute atomic E-state index is 13.4. The Bertz CT molecular complexity index is 876. The number of carbonyl (C=O) groups is 1. The number of halogens is 1. The van der Waals surface area contributed by atoms with Gasteiger partial charge < -0.3 is 10.6 Å². The molecule has 3 aromatic rings. The molecule has 0 saturated heterocycles. The van der Waals surface area contributed by atoms with Crippen molar-refractivity contribution in [1.82, 2.24) is 25.1 Å². The number of hydrogen-bond donors (Lipinski definition) is 2. The average molecular weight is 314 g/mol. The van der Waals surface area contributed by atoms with E-state index in [2.05, 4.69) is 25.7 Å². The highest BCUT2D eigenvalue weighted by atomic mass is 19.1. The molecule has 23 heavy (non-hydrogen) atoms. The van der Waals surface area contributed by atoms with Crippen molar-refractivity contribution < 1.29 is 9.18 Å². The van der Waals surface area contributed by atoms with Crippen molar-refractivity contribution in [1.29, 1.82) is 0 Å². The second-order valence-electron chi connectivity index (χ2n) is 5.04. The van der Waals surface area contributed by atoms with Crippen molar-refractivity contribution in [3.63, 3.8) is 0 Å². The number of hydrogen-bond acceptors (Lipinski definition) is 4. The number of carbonyl (C=O) groups excluding carboxylic acids is 1. The molecule has 0 radical (unpaired) electrons. The molecule has 0 fully saturated rings. The van der Waals surface area contributed by atoms with E-state index in [1.807, 2.05) is 14.0 Å². The van der Waals surface area contributed by atoms with Crippen LogP contribution in [0.2, 0.25) is 0 Å². The zero-order valence-electron chi connectivity index (χ0n) is 12.7. The number of nitrogens with zero attached hydrogens (tertiary/aromatic N) is 4. The lowest BCUT2D eigenvalue weighted by Gasteiger charge is -2.07. The fourth-order valence-electron chi connectivity index (χ4n) is 2.26. The van der Waals surface area contributed by atoms with Crippen LogP contribution in [0.15, 0.2) is 30.6 Å². The normalized spacial score (nSPS) is 10.7. The smallest absolute Gasteiger partial charge is 0.319 e. The van der Waals surface area contributed by atoms with Crippen LogP contribution in [0.1, 0.15) is 11.4 Å². The summed E-state index contributed by atoms with van der Waals surface area (Å²) < 4.78 is 15.1. The standard InChI is InChI=1S/C15H15FN6O/c1-9-11-6-10(7-18-14(11)22(2)21-9)20-15(23)19-8-13-12(16)4-3-5-17-13/h3-7H,8H2,1-2H3,(H2,19,20,23).